The van der Waals surface area contributed by atoms with E-state index in [0.717, 1.165) is 10.6 Å². The summed E-state index contributed by atoms with van der Waals surface area (Å²) in [7, 11) is 0. The summed E-state index contributed by atoms with van der Waals surface area (Å²) in [5.74, 6) is -1.18. The molecule has 3 rings (SSSR count). The van der Waals surface area contributed by atoms with Gasteiger partial charge in [-0.2, -0.15) is 0 Å². The molecule has 0 bridgehead atoms. The van der Waals surface area contributed by atoms with E-state index in [9.17, 15) is 24.8 Å². The summed E-state index contributed by atoms with van der Waals surface area (Å²) < 4.78 is 1.08. The maximum Gasteiger partial charge on any atom is 0.327 e. The van der Waals surface area contributed by atoms with Crippen molar-refractivity contribution < 1.29 is 14.8 Å². The molecule has 29 heavy (non-hydrogen) atoms. The Morgan fingerprint density at radius 3 is 2.31 bits per heavy atom. The normalized spacial score (nSPS) is 11.8. The molecule has 0 aliphatic carbocycles. The zero-order valence-corrected chi connectivity index (χ0v) is 16.3. The van der Waals surface area contributed by atoms with Gasteiger partial charge in [0.15, 0.2) is 0 Å². The van der Waals surface area contributed by atoms with Crippen LogP contribution in [0.2, 0.25) is 10.0 Å². The lowest BCUT2D eigenvalue weighted by molar-refractivity contribution is -0.384. The van der Waals surface area contributed by atoms with Crippen LogP contribution < -0.4 is 5.56 Å². The molecule has 0 fully saturated rings. The quantitative estimate of drug-likeness (QED) is 0.452. The van der Waals surface area contributed by atoms with Gasteiger partial charge in [-0.3, -0.25) is 14.9 Å². The molecule has 1 N–H and O–H groups in total. The van der Waals surface area contributed by atoms with Crippen LogP contribution in [-0.4, -0.2) is 20.6 Å². The first-order chi connectivity index (χ1) is 13.8. The Labute approximate surface area is 174 Å². The van der Waals surface area contributed by atoms with Crippen molar-refractivity contribution in [2.24, 2.45) is 0 Å². The minimum atomic E-state index is -1.18. The number of benzene rings is 2. The number of hydrogen-bond donors (Lipinski definition) is 1. The fraction of sp³-hybridized carbons (Fsp3) is 0.100. The summed E-state index contributed by atoms with van der Waals surface area (Å²) in [5, 5.41) is 21.7. The summed E-state index contributed by atoms with van der Waals surface area (Å²) in [5.41, 5.74) is 0.344. The summed E-state index contributed by atoms with van der Waals surface area (Å²) in [6, 6.07) is 12.2. The van der Waals surface area contributed by atoms with Crippen LogP contribution in [0.25, 0.3) is 11.1 Å². The van der Waals surface area contributed by atoms with E-state index in [1.165, 1.54) is 30.5 Å². The molecule has 0 saturated carbocycles. The van der Waals surface area contributed by atoms with Crippen LogP contribution in [-0.2, 0) is 11.2 Å². The van der Waals surface area contributed by atoms with Gasteiger partial charge in [0, 0.05) is 34.8 Å². The molecule has 0 radical (unpaired) electrons. The molecule has 1 unspecified atom stereocenters. The highest BCUT2D eigenvalue weighted by Gasteiger charge is 2.22. The van der Waals surface area contributed by atoms with E-state index in [2.05, 4.69) is 0 Å². The van der Waals surface area contributed by atoms with Crippen molar-refractivity contribution in [2.45, 2.75) is 12.5 Å². The van der Waals surface area contributed by atoms with Crippen molar-refractivity contribution >= 4 is 34.9 Å². The number of nitro groups is 1. The number of pyridine rings is 1. The van der Waals surface area contributed by atoms with Gasteiger partial charge in [-0.05, 0) is 41.5 Å². The first kappa shape index (κ1) is 20.6. The summed E-state index contributed by atoms with van der Waals surface area (Å²) in [6.45, 7) is 0. The molecule has 1 atom stereocenters. The molecule has 2 aromatic carbocycles. The van der Waals surface area contributed by atoms with E-state index in [-0.39, 0.29) is 28.3 Å². The van der Waals surface area contributed by atoms with E-state index in [4.69, 9.17) is 23.2 Å². The number of carboxylic acids is 1. The van der Waals surface area contributed by atoms with Crippen molar-refractivity contribution in [2.75, 3.05) is 0 Å². The SMILES string of the molecule is O=C(O)C(Cc1ccc(Cl)cc1)n1ccc(-c2cc(Cl)ccc2[N+](=O)[O-])cc1=O. The highest BCUT2D eigenvalue weighted by Crippen LogP contribution is 2.31. The number of aromatic nitrogens is 1. The van der Waals surface area contributed by atoms with Crippen LogP contribution in [0, 0.1) is 10.1 Å². The fourth-order valence-corrected chi connectivity index (χ4v) is 3.26. The number of nitro benzene ring substituents is 1. The number of rotatable bonds is 6. The van der Waals surface area contributed by atoms with E-state index in [0.29, 0.717) is 10.6 Å². The third-order valence-corrected chi connectivity index (χ3v) is 4.86. The van der Waals surface area contributed by atoms with Gasteiger partial charge in [-0.25, -0.2) is 4.79 Å². The number of carbonyl (C=O) groups is 1. The molecule has 3 aromatic rings. The Balaban J connectivity index is 2.01. The van der Waals surface area contributed by atoms with Crippen molar-refractivity contribution in [3.63, 3.8) is 0 Å². The average molecular weight is 433 g/mol. The van der Waals surface area contributed by atoms with E-state index < -0.39 is 22.5 Å². The molecule has 9 heteroatoms. The molecule has 1 aromatic heterocycles. The smallest absolute Gasteiger partial charge is 0.327 e. The first-order valence-electron chi connectivity index (χ1n) is 8.40. The van der Waals surface area contributed by atoms with Crippen molar-refractivity contribution in [1.82, 2.24) is 4.57 Å². The maximum absolute atomic E-state index is 12.6. The largest absolute Gasteiger partial charge is 0.480 e. The Kier molecular flexibility index (Phi) is 6.00. The summed E-state index contributed by atoms with van der Waals surface area (Å²) in [6.07, 6.45) is 1.39. The maximum atomic E-state index is 12.6. The van der Waals surface area contributed by atoms with Gasteiger partial charge >= 0.3 is 5.97 Å². The lowest BCUT2D eigenvalue weighted by atomic mass is 10.0. The second-order valence-electron chi connectivity index (χ2n) is 6.26. The number of hydrogen-bond acceptors (Lipinski definition) is 4. The number of halogens is 2. The zero-order valence-electron chi connectivity index (χ0n) is 14.8. The Hall–Kier alpha value is -3.16. The van der Waals surface area contributed by atoms with E-state index >= 15 is 0 Å². The third kappa shape index (κ3) is 4.64. The van der Waals surface area contributed by atoms with Crippen LogP contribution >= 0.6 is 23.2 Å². The van der Waals surface area contributed by atoms with Crippen molar-refractivity contribution in [3.05, 3.63) is 96.9 Å². The van der Waals surface area contributed by atoms with E-state index in [1.54, 1.807) is 24.3 Å². The summed E-state index contributed by atoms with van der Waals surface area (Å²) in [4.78, 5) is 35.1. The van der Waals surface area contributed by atoms with Crippen LogP contribution in [0.15, 0.2) is 65.6 Å². The van der Waals surface area contributed by atoms with Crippen LogP contribution in [0.1, 0.15) is 11.6 Å². The highest BCUT2D eigenvalue weighted by molar-refractivity contribution is 6.31. The standard InChI is InChI=1S/C20H14Cl2N2O5/c21-14-3-1-12(2-4-14)9-18(20(26)27)23-8-7-13(10-19(23)25)16-11-15(22)5-6-17(16)24(28)29/h1-8,10-11,18H,9H2,(H,26,27). The molecule has 0 saturated heterocycles. The zero-order chi connectivity index (χ0) is 21.1. The monoisotopic (exact) mass is 432 g/mol. The van der Waals surface area contributed by atoms with Crippen LogP contribution in [0.3, 0.4) is 0 Å². The predicted octanol–water partition coefficient (Wildman–Crippen LogP) is 4.60. The lowest BCUT2D eigenvalue weighted by Gasteiger charge is -2.16. The molecule has 1 heterocycles. The topological polar surface area (TPSA) is 102 Å². The second kappa shape index (κ2) is 8.46. The molecular formula is C20H14Cl2N2O5. The van der Waals surface area contributed by atoms with Gasteiger partial charge in [0.1, 0.15) is 6.04 Å². The summed E-state index contributed by atoms with van der Waals surface area (Å²) >= 11 is 11.8. The van der Waals surface area contributed by atoms with Gasteiger partial charge in [0.25, 0.3) is 11.2 Å². The predicted molar refractivity (Wildman–Crippen MR) is 110 cm³/mol. The first-order valence-corrected chi connectivity index (χ1v) is 9.15. The van der Waals surface area contributed by atoms with Gasteiger partial charge in [0.2, 0.25) is 0 Å². The van der Waals surface area contributed by atoms with Gasteiger partial charge in [-0.1, -0.05) is 35.3 Å². The highest BCUT2D eigenvalue weighted by atomic mass is 35.5. The minimum Gasteiger partial charge on any atom is -0.480 e. The average Bonchev–Trinajstić information content (AvgIpc) is 2.67. The number of carboxylic acid groups (broad SMARTS) is 1. The van der Waals surface area contributed by atoms with Crippen molar-refractivity contribution in [1.29, 1.82) is 0 Å². The minimum absolute atomic E-state index is 0.0725. The van der Waals surface area contributed by atoms with Gasteiger partial charge < -0.3 is 9.67 Å². The Morgan fingerprint density at radius 1 is 1.07 bits per heavy atom. The van der Waals surface area contributed by atoms with Gasteiger partial charge in [0.05, 0.1) is 10.5 Å². The Bertz CT molecular complexity index is 1140. The number of aliphatic carboxylic acids is 1. The molecule has 0 spiro atoms. The lowest BCUT2D eigenvalue weighted by Crippen LogP contribution is -2.30. The third-order valence-electron chi connectivity index (χ3n) is 4.38. The number of nitrogens with zero attached hydrogens (tertiary/aromatic N) is 2. The van der Waals surface area contributed by atoms with E-state index in [1.807, 2.05) is 0 Å². The molecule has 148 valence electrons. The molecule has 0 amide bonds. The van der Waals surface area contributed by atoms with Crippen LogP contribution in [0.4, 0.5) is 5.69 Å². The Morgan fingerprint density at radius 2 is 1.72 bits per heavy atom. The fourth-order valence-electron chi connectivity index (χ4n) is 2.96. The van der Waals surface area contributed by atoms with Crippen LogP contribution in [0.5, 0.6) is 0 Å². The molecular weight excluding hydrogens is 419 g/mol. The second-order valence-corrected chi connectivity index (χ2v) is 7.14. The molecule has 7 nitrogen and oxygen atoms in total. The molecule has 0 aliphatic heterocycles. The van der Waals surface area contributed by atoms with Crippen molar-refractivity contribution in [3.8, 4) is 11.1 Å². The van der Waals surface area contributed by atoms with Gasteiger partial charge in [-0.15, -0.1) is 0 Å². The molecule has 0 aliphatic rings.